The number of rotatable bonds is 7. The van der Waals surface area contributed by atoms with E-state index in [-0.39, 0.29) is 5.78 Å². The van der Waals surface area contributed by atoms with Crippen molar-refractivity contribution in [2.75, 3.05) is 46.1 Å². The van der Waals surface area contributed by atoms with Gasteiger partial charge in [-0.3, -0.25) is 4.79 Å². The van der Waals surface area contributed by atoms with Crippen LogP contribution >= 0.6 is 15.9 Å². The Hall–Kier alpha value is -2.67. The summed E-state index contributed by atoms with van der Waals surface area (Å²) in [5.41, 5.74) is 8.62. The van der Waals surface area contributed by atoms with E-state index in [0.29, 0.717) is 33.0 Å². The second kappa shape index (κ2) is 8.81. The van der Waals surface area contributed by atoms with Gasteiger partial charge in [0.05, 0.1) is 37.2 Å². The average Bonchev–Trinajstić information content (AvgIpc) is 2.66. The molecule has 2 aromatic rings. The van der Waals surface area contributed by atoms with Gasteiger partial charge in [0.25, 0.3) is 0 Å². The summed E-state index contributed by atoms with van der Waals surface area (Å²) in [5, 5.41) is 0. The van der Waals surface area contributed by atoms with Crippen LogP contribution < -0.4 is 24.8 Å². The Kier molecular flexibility index (Phi) is 6.74. The Morgan fingerprint density at radius 1 is 1.04 bits per heavy atom. The van der Waals surface area contributed by atoms with Crippen LogP contribution in [0.1, 0.15) is 15.9 Å². The van der Waals surface area contributed by atoms with Crippen molar-refractivity contribution in [2.45, 2.75) is 0 Å². The lowest BCUT2D eigenvalue weighted by Gasteiger charge is -2.16. The number of hydrogen-bond acceptors (Lipinski definition) is 6. The normalized spacial score (nSPS) is 11.1. The number of nitrogen functional groups attached to an aromatic ring is 1. The fraction of sp³-hybridized carbons (Fsp3) is 0.250. The first kappa shape index (κ1) is 20.6. The molecule has 0 amide bonds. The van der Waals surface area contributed by atoms with Crippen LogP contribution in [0.5, 0.6) is 17.2 Å². The minimum absolute atomic E-state index is 0.160. The molecular weight excluding hydrogens is 412 g/mol. The lowest BCUT2D eigenvalue weighted by atomic mass is 10.1. The number of carbonyl (C=O) groups is 1. The average molecular weight is 435 g/mol. The summed E-state index contributed by atoms with van der Waals surface area (Å²) in [7, 11) is 8.38. The number of carbonyl (C=O) groups excluding carboxylic acids is 1. The van der Waals surface area contributed by atoms with Crippen LogP contribution in [0, 0.1) is 0 Å². The van der Waals surface area contributed by atoms with Crippen LogP contribution in [-0.4, -0.2) is 41.2 Å². The van der Waals surface area contributed by atoms with Gasteiger partial charge in [-0.15, -0.1) is 0 Å². The van der Waals surface area contributed by atoms with Gasteiger partial charge in [-0.1, -0.05) is 0 Å². The van der Waals surface area contributed by atoms with Gasteiger partial charge in [0.2, 0.25) is 5.75 Å². The number of Topliss-reactive ketones (excluding diaryl/α,β-unsaturated/α-hetero) is 1. The Balaban J connectivity index is 2.42. The van der Waals surface area contributed by atoms with E-state index in [1.165, 1.54) is 0 Å². The van der Waals surface area contributed by atoms with Gasteiger partial charge in [-0.25, -0.2) is 0 Å². The smallest absolute Gasteiger partial charge is 0.203 e. The van der Waals surface area contributed by atoms with E-state index in [2.05, 4.69) is 15.9 Å². The zero-order valence-corrected chi connectivity index (χ0v) is 17.6. The Labute approximate surface area is 167 Å². The van der Waals surface area contributed by atoms with Crippen molar-refractivity contribution in [3.8, 4) is 17.2 Å². The molecule has 0 saturated heterocycles. The molecule has 0 spiro atoms. The van der Waals surface area contributed by atoms with Crippen molar-refractivity contribution in [1.29, 1.82) is 0 Å². The van der Waals surface area contributed by atoms with Gasteiger partial charge in [-0.05, 0) is 57.9 Å². The molecule has 2 rings (SSSR count). The highest BCUT2D eigenvalue weighted by molar-refractivity contribution is 9.12. The first-order valence-corrected chi connectivity index (χ1v) is 8.90. The number of halogens is 1. The molecule has 0 aliphatic carbocycles. The van der Waals surface area contributed by atoms with Crippen molar-refractivity contribution in [1.82, 2.24) is 0 Å². The monoisotopic (exact) mass is 434 g/mol. The number of nitrogens with zero attached hydrogens (tertiary/aromatic N) is 1. The third kappa shape index (κ3) is 4.54. The maximum Gasteiger partial charge on any atom is 0.203 e. The second-order valence-corrected chi connectivity index (χ2v) is 6.80. The minimum atomic E-state index is -0.160. The van der Waals surface area contributed by atoms with E-state index in [0.717, 1.165) is 11.3 Å². The van der Waals surface area contributed by atoms with Crippen LogP contribution in [0.3, 0.4) is 0 Å². The molecule has 0 atom stereocenters. The highest BCUT2D eigenvalue weighted by Crippen LogP contribution is 2.39. The van der Waals surface area contributed by atoms with Crippen molar-refractivity contribution in [3.05, 3.63) is 45.9 Å². The molecule has 0 aliphatic rings. The first-order chi connectivity index (χ1) is 12.8. The maximum absolute atomic E-state index is 12.8. The van der Waals surface area contributed by atoms with Gasteiger partial charge in [0.15, 0.2) is 17.3 Å². The molecule has 0 bridgehead atoms. The topological polar surface area (TPSA) is 74.0 Å². The van der Waals surface area contributed by atoms with E-state index in [9.17, 15) is 4.79 Å². The van der Waals surface area contributed by atoms with E-state index >= 15 is 0 Å². The van der Waals surface area contributed by atoms with Gasteiger partial charge < -0.3 is 24.8 Å². The van der Waals surface area contributed by atoms with Gasteiger partial charge >= 0.3 is 0 Å². The highest BCUT2D eigenvalue weighted by atomic mass is 79.9. The summed E-state index contributed by atoms with van der Waals surface area (Å²) < 4.78 is 16.4. The van der Waals surface area contributed by atoms with Crippen LogP contribution in [0.2, 0.25) is 0 Å². The highest BCUT2D eigenvalue weighted by Gasteiger charge is 2.16. The zero-order valence-electron chi connectivity index (χ0n) is 16.0. The zero-order chi connectivity index (χ0) is 20.1. The minimum Gasteiger partial charge on any atom is -0.493 e. The van der Waals surface area contributed by atoms with E-state index < -0.39 is 0 Å². The molecule has 6 nitrogen and oxygen atoms in total. The molecule has 0 saturated carbocycles. The number of nitrogens with two attached hydrogens (primary N) is 1. The third-order valence-electron chi connectivity index (χ3n) is 3.97. The molecule has 0 fully saturated rings. The molecule has 0 aromatic heterocycles. The Morgan fingerprint density at radius 2 is 1.63 bits per heavy atom. The molecule has 0 radical (unpaired) electrons. The predicted molar refractivity (Wildman–Crippen MR) is 113 cm³/mol. The van der Waals surface area contributed by atoms with Crippen LogP contribution in [0.15, 0.2) is 34.8 Å². The fourth-order valence-electron chi connectivity index (χ4n) is 2.61. The molecule has 2 aromatic carbocycles. The van der Waals surface area contributed by atoms with Crippen molar-refractivity contribution >= 4 is 39.2 Å². The summed E-state index contributed by atoms with van der Waals surface area (Å²) in [5.74, 6) is 1.36. The number of ether oxygens (including phenoxy) is 3. The maximum atomic E-state index is 12.8. The van der Waals surface area contributed by atoms with Crippen LogP contribution in [0.4, 0.5) is 11.4 Å². The van der Waals surface area contributed by atoms with Crippen LogP contribution in [-0.2, 0) is 0 Å². The molecule has 144 valence electrons. The number of anilines is 2. The van der Waals surface area contributed by atoms with E-state index in [4.69, 9.17) is 19.9 Å². The van der Waals surface area contributed by atoms with Crippen molar-refractivity contribution < 1.29 is 19.0 Å². The van der Waals surface area contributed by atoms with E-state index in [1.54, 1.807) is 57.7 Å². The summed E-state index contributed by atoms with van der Waals surface area (Å²) in [6, 6.07) is 8.73. The molecular formula is C20H23BrN2O4. The van der Waals surface area contributed by atoms with Gasteiger partial charge in [0.1, 0.15) is 0 Å². The largest absolute Gasteiger partial charge is 0.493 e. The number of benzene rings is 2. The summed E-state index contributed by atoms with van der Waals surface area (Å²) in [6.45, 7) is 0. The Bertz CT molecular complexity index is 853. The molecule has 27 heavy (non-hydrogen) atoms. The van der Waals surface area contributed by atoms with Crippen molar-refractivity contribution in [2.24, 2.45) is 0 Å². The number of hydrogen-bond donors (Lipinski definition) is 1. The lowest BCUT2D eigenvalue weighted by molar-refractivity contribution is 0.104. The lowest BCUT2D eigenvalue weighted by Crippen LogP contribution is -2.12. The molecule has 2 N–H and O–H groups in total. The molecule has 0 heterocycles. The SMILES string of the molecule is COc1cc(/C=C(/Br)C(=O)c2ccc(N)c(N(C)C)c2)cc(OC)c1OC. The summed E-state index contributed by atoms with van der Waals surface area (Å²) in [6.07, 6.45) is 1.71. The first-order valence-electron chi connectivity index (χ1n) is 8.11. The molecule has 0 aliphatic heterocycles. The van der Waals surface area contributed by atoms with Crippen molar-refractivity contribution in [3.63, 3.8) is 0 Å². The second-order valence-electron chi connectivity index (χ2n) is 5.95. The molecule has 0 unspecified atom stereocenters. The quantitative estimate of drug-likeness (QED) is 0.403. The number of methoxy groups -OCH3 is 3. The van der Waals surface area contributed by atoms with Crippen LogP contribution in [0.25, 0.3) is 6.08 Å². The summed E-state index contributed by atoms with van der Waals surface area (Å²) >= 11 is 3.38. The standard InChI is InChI=1S/C20H23BrN2O4/c1-23(2)16-11-13(6-7-15(16)22)19(24)14(21)8-12-9-17(25-3)20(27-5)18(10-12)26-4/h6-11H,22H2,1-5H3/b14-8+. The van der Waals surface area contributed by atoms with Gasteiger partial charge in [-0.2, -0.15) is 0 Å². The number of allylic oxidation sites excluding steroid dienone is 1. The predicted octanol–water partition coefficient (Wildman–Crippen LogP) is 3.98. The molecule has 7 heteroatoms. The third-order valence-corrected chi connectivity index (χ3v) is 4.56. The Morgan fingerprint density at radius 3 is 2.11 bits per heavy atom. The summed E-state index contributed by atoms with van der Waals surface area (Å²) in [4.78, 5) is 14.7. The fourth-order valence-corrected chi connectivity index (χ4v) is 3.10. The van der Waals surface area contributed by atoms with Gasteiger partial charge in [0, 0.05) is 19.7 Å². The van der Waals surface area contributed by atoms with E-state index in [1.807, 2.05) is 19.0 Å². The number of ketones is 1.